The van der Waals surface area contributed by atoms with Crippen LogP contribution in [0.5, 0.6) is 5.75 Å². The van der Waals surface area contributed by atoms with Crippen LogP contribution in [0.15, 0.2) is 66.7 Å². The van der Waals surface area contributed by atoms with E-state index in [1.807, 2.05) is 13.0 Å². The molecule has 0 aliphatic carbocycles. The summed E-state index contributed by atoms with van der Waals surface area (Å²) in [4.78, 5) is 41.7. The molecule has 0 saturated carbocycles. The first-order valence-electron chi connectivity index (χ1n) is 13.0. The number of aromatic hydroxyl groups is 1. The van der Waals surface area contributed by atoms with Gasteiger partial charge in [0.1, 0.15) is 23.4 Å². The maximum atomic E-state index is 14.1. The quantitative estimate of drug-likeness (QED) is 0.229. The highest BCUT2D eigenvalue weighted by molar-refractivity contribution is 6.34. The maximum Gasteiger partial charge on any atom is 0.408 e. The second-order valence-electron chi connectivity index (χ2n) is 10.6. The van der Waals surface area contributed by atoms with E-state index in [1.54, 1.807) is 76.2 Å². The zero-order valence-corrected chi connectivity index (χ0v) is 24.5. The number of phenolic OH excluding ortho intramolecular Hbond substituents is 1. The van der Waals surface area contributed by atoms with Crippen LogP contribution in [0.2, 0.25) is 5.02 Å². The normalized spacial score (nSPS) is 12.4. The number of para-hydroxylation sites is 1. The monoisotopic (exact) mass is 575 g/mol. The number of nitrogens with zero attached hydrogens (tertiary/aromatic N) is 1. The number of ether oxygens (including phenoxy) is 1. The van der Waals surface area contributed by atoms with Gasteiger partial charge in [-0.2, -0.15) is 0 Å². The highest BCUT2D eigenvalue weighted by Crippen LogP contribution is 2.29. The fourth-order valence-corrected chi connectivity index (χ4v) is 4.46. The van der Waals surface area contributed by atoms with Crippen LogP contribution in [0.25, 0.3) is 0 Å². The molecule has 3 aromatic carbocycles. The largest absolute Gasteiger partial charge is 0.508 e. The summed E-state index contributed by atoms with van der Waals surface area (Å²) in [5, 5.41) is 15.5. The number of terminal acetylenes is 1. The topological polar surface area (TPSA) is 108 Å². The predicted octanol–water partition coefficient (Wildman–Crippen LogP) is 5.90. The summed E-state index contributed by atoms with van der Waals surface area (Å²) < 4.78 is 5.40. The molecule has 9 heteroatoms. The lowest BCUT2D eigenvalue weighted by atomic mass is 9.99. The fourth-order valence-electron chi connectivity index (χ4n) is 4.19. The number of nitrogens with one attached hydrogen (secondary N) is 2. The molecule has 3 N–H and O–H groups in total. The SMILES string of the molecule is C#CN(C(=O)C(Cc1ccc(O)cc1)NC(=O)OC(C)(C)C)C(C(=O)Nc1c(C)cccc1Cl)c1cccc(C)c1. The van der Waals surface area contributed by atoms with Crippen molar-refractivity contribution in [3.8, 4) is 18.2 Å². The van der Waals surface area contributed by atoms with Gasteiger partial charge in [0.25, 0.3) is 11.8 Å². The Bertz CT molecular complexity index is 1440. The molecule has 3 amide bonds. The number of hydrogen-bond acceptors (Lipinski definition) is 5. The molecule has 0 aliphatic heterocycles. The Morgan fingerprint density at radius 3 is 2.29 bits per heavy atom. The van der Waals surface area contributed by atoms with Crippen molar-refractivity contribution in [3.05, 3.63) is 94.0 Å². The second kappa shape index (κ2) is 13.2. The van der Waals surface area contributed by atoms with Gasteiger partial charge in [0.2, 0.25) is 0 Å². The van der Waals surface area contributed by atoms with Gasteiger partial charge in [-0.05, 0) is 69.5 Å². The number of phenols is 1. The Hall–Kier alpha value is -4.48. The number of halogens is 1. The standard InChI is InChI=1S/C32H34ClN3O5/c1-7-36(30(39)26(34-31(40)41-32(4,5)6)19-22-14-16-24(37)17-15-22)28(23-12-8-10-20(2)18-23)29(38)35-27-21(3)11-9-13-25(27)33/h1,8-18,26,28,37H,19H2,2-6H3,(H,34,40)(H,35,38). The Balaban J connectivity index is 2.04. The van der Waals surface area contributed by atoms with Gasteiger partial charge in [-0.25, -0.2) is 4.79 Å². The molecule has 0 bridgehead atoms. The van der Waals surface area contributed by atoms with Crippen LogP contribution < -0.4 is 10.6 Å². The number of amides is 3. The van der Waals surface area contributed by atoms with E-state index in [-0.39, 0.29) is 12.2 Å². The highest BCUT2D eigenvalue weighted by atomic mass is 35.5. The fraction of sp³-hybridized carbons (Fsp3) is 0.281. The molecule has 0 heterocycles. The van der Waals surface area contributed by atoms with Gasteiger partial charge in [-0.1, -0.05) is 72.1 Å². The van der Waals surface area contributed by atoms with Gasteiger partial charge in [0.05, 0.1) is 10.7 Å². The van der Waals surface area contributed by atoms with Crippen molar-refractivity contribution >= 4 is 35.2 Å². The number of anilines is 1. The molecule has 2 atom stereocenters. The molecule has 3 aromatic rings. The lowest BCUT2D eigenvalue weighted by molar-refractivity contribution is -0.136. The van der Waals surface area contributed by atoms with Gasteiger partial charge in [0, 0.05) is 12.5 Å². The van der Waals surface area contributed by atoms with Crippen molar-refractivity contribution < 1.29 is 24.2 Å². The van der Waals surface area contributed by atoms with Gasteiger partial charge >= 0.3 is 6.09 Å². The molecule has 0 aliphatic rings. The van der Waals surface area contributed by atoms with Crippen molar-refractivity contribution in [1.29, 1.82) is 0 Å². The van der Waals surface area contributed by atoms with E-state index in [9.17, 15) is 19.5 Å². The maximum absolute atomic E-state index is 14.1. The zero-order chi connectivity index (χ0) is 30.3. The molecular weight excluding hydrogens is 542 g/mol. The molecule has 0 aromatic heterocycles. The van der Waals surface area contributed by atoms with E-state index in [0.29, 0.717) is 21.8 Å². The number of alkyl carbamates (subject to hydrolysis) is 1. The molecule has 0 radical (unpaired) electrons. The summed E-state index contributed by atoms with van der Waals surface area (Å²) in [5.74, 6) is -1.24. The van der Waals surface area contributed by atoms with Crippen LogP contribution >= 0.6 is 11.6 Å². The van der Waals surface area contributed by atoms with Crippen molar-refractivity contribution in [2.24, 2.45) is 0 Å². The van der Waals surface area contributed by atoms with E-state index in [1.165, 1.54) is 12.1 Å². The van der Waals surface area contributed by atoms with E-state index >= 15 is 0 Å². The Morgan fingerprint density at radius 1 is 1.05 bits per heavy atom. The first-order chi connectivity index (χ1) is 19.3. The van der Waals surface area contributed by atoms with Crippen LogP contribution in [-0.4, -0.2) is 39.6 Å². The van der Waals surface area contributed by atoms with Crippen LogP contribution in [0.4, 0.5) is 10.5 Å². The summed E-state index contributed by atoms with van der Waals surface area (Å²) >= 11 is 6.37. The molecule has 0 spiro atoms. The van der Waals surface area contributed by atoms with E-state index in [4.69, 9.17) is 22.8 Å². The van der Waals surface area contributed by atoms with Crippen LogP contribution in [0.1, 0.15) is 49.1 Å². The average molecular weight is 576 g/mol. The van der Waals surface area contributed by atoms with Gasteiger partial charge < -0.3 is 20.5 Å². The number of carbonyl (C=O) groups is 3. The lowest BCUT2D eigenvalue weighted by Gasteiger charge is -2.31. The summed E-state index contributed by atoms with van der Waals surface area (Å²) in [6.07, 6.45) is 5.09. The number of hydrogen-bond donors (Lipinski definition) is 3. The molecule has 41 heavy (non-hydrogen) atoms. The molecule has 3 rings (SSSR count). The third-order valence-electron chi connectivity index (χ3n) is 6.08. The molecular formula is C32H34ClN3O5. The van der Waals surface area contributed by atoms with Crippen LogP contribution in [0, 0.1) is 26.3 Å². The highest BCUT2D eigenvalue weighted by Gasteiger charge is 2.36. The first-order valence-corrected chi connectivity index (χ1v) is 13.4. The van der Waals surface area contributed by atoms with Crippen molar-refractivity contribution in [1.82, 2.24) is 10.2 Å². The predicted molar refractivity (Wildman–Crippen MR) is 159 cm³/mol. The third-order valence-corrected chi connectivity index (χ3v) is 6.39. The van der Waals surface area contributed by atoms with Crippen LogP contribution in [0.3, 0.4) is 0 Å². The Kier molecular flexibility index (Phi) is 10.0. The minimum absolute atomic E-state index is 0.0162. The Morgan fingerprint density at radius 2 is 1.71 bits per heavy atom. The minimum atomic E-state index is -1.26. The summed E-state index contributed by atoms with van der Waals surface area (Å²) in [6, 6.07) is 18.4. The summed E-state index contributed by atoms with van der Waals surface area (Å²) in [5.41, 5.74) is 2.26. The van der Waals surface area contributed by atoms with Gasteiger partial charge in [0.15, 0.2) is 0 Å². The average Bonchev–Trinajstić information content (AvgIpc) is 2.88. The molecule has 0 saturated heterocycles. The number of carbonyl (C=O) groups excluding carboxylic acids is 3. The van der Waals surface area contributed by atoms with Crippen molar-refractivity contribution in [3.63, 3.8) is 0 Å². The zero-order valence-electron chi connectivity index (χ0n) is 23.7. The Labute approximate surface area is 245 Å². The van der Waals surface area contributed by atoms with E-state index in [0.717, 1.165) is 16.0 Å². The second-order valence-corrected chi connectivity index (χ2v) is 11.1. The smallest absolute Gasteiger partial charge is 0.408 e. The molecule has 214 valence electrons. The third kappa shape index (κ3) is 8.50. The van der Waals surface area contributed by atoms with Crippen LogP contribution in [-0.2, 0) is 20.7 Å². The number of aryl methyl sites for hydroxylation is 2. The first kappa shape index (κ1) is 31.1. The molecule has 8 nitrogen and oxygen atoms in total. The summed E-state index contributed by atoms with van der Waals surface area (Å²) in [6.45, 7) is 8.76. The van der Waals surface area contributed by atoms with Crippen molar-refractivity contribution in [2.75, 3.05) is 5.32 Å². The number of rotatable bonds is 8. The van der Waals surface area contributed by atoms with E-state index in [2.05, 4.69) is 16.7 Å². The number of benzene rings is 3. The van der Waals surface area contributed by atoms with Gasteiger partial charge in [-0.15, -0.1) is 0 Å². The summed E-state index contributed by atoms with van der Waals surface area (Å²) in [7, 11) is 0. The van der Waals surface area contributed by atoms with Gasteiger partial charge in [-0.3, -0.25) is 14.5 Å². The molecule has 0 fully saturated rings. The minimum Gasteiger partial charge on any atom is -0.508 e. The molecule has 2 unspecified atom stereocenters. The van der Waals surface area contributed by atoms with Crippen molar-refractivity contribution in [2.45, 2.75) is 58.7 Å². The van der Waals surface area contributed by atoms with E-state index < -0.39 is 35.6 Å². The lowest BCUT2D eigenvalue weighted by Crippen LogP contribution is -2.51.